The van der Waals surface area contributed by atoms with E-state index in [-0.39, 0.29) is 17.2 Å². The third kappa shape index (κ3) is 5.29. The minimum atomic E-state index is -4.08. The molecule has 32 heavy (non-hydrogen) atoms. The van der Waals surface area contributed by atoms with Crippen LogP contribution in [0.4, 0.5) is 5.69 Å². The summed E-state index contributed by atoms with van der Waals surface area (Å²) >= 11 is 0. The molecular weight excluding hydrogens is 424 g/mol. The highest BCUT2D eigenvalue weighted by Gasteiger charge is 2.30. The third-order valence-electron chi connectivity index (χ3n) is 5.29. The molecule has 6 nitrogen and oxygen atoms in total. The van der Waals surface area contributed by atoms with E-state index in [0.717, 1.165) is 26.6 Å². The molecule has 3 aromatic carbocycles. The number of ether oxygens (including phenoxy) is 1. The summed E-state index contributed by atoms with van der Waals surface area (Å²) in [4.78, 5) is 12.8. The maximum atomic E-state index is 13.7. The zero-order chi connectivity index (χ0) is 23.3. The standard InChI is InChI=1S/C25H28N2O4S/c1-18-10-13-23(31-4)24(14-18)32(29,30)27(22-12-11-19(2)20(3)15-22)17-25(28)26-16-21-8-6-5-7-9-21/h5-15H,16-17H2,1-4H3,(H,26,28). The number of carbonyl (C=O) groups is 1. The van der Waals surface area contributed by atoms with Crippen LogP contribution in [0.2, 0.25) is 0 Å². The molecule has 0 radical (unpaired) electrons. The molecule has 0 bridgehead atoms. The number of nitrogens with zero attached hydrogens (tertiary/aromatic N) is 1. The Labute approximate surface area is 189 Å². The summed E-state index contributed by atoms with van der Waals surface area (Å²) in [6.45, 7) is 5.63. The van der Waals surface area contributed by atoms with Crippen LogP contribution in [0.15, 0.2) is 71.6 Å². The first-order valence-corrected chi connectivity index (χ1v) is 11.7. The summed E-state index contributed by atoms with van der Waals surface area (Å²) in [7, 11) is -2.65. The minimum absolute atomic E-state index is 0.0223. The lowest BCUT2D eigenvalue weighted by molar-refractivity contribution is -0.119. The van der Waals surface area contributed by atoms with Crippen LogP contribution >= 0.6 is 0 Å². The molecule has 7 heteroatoms. The van der Waals surface area contributed by atoms with Crippen LogP contribution in [0, 0.1) is 20.8 Å². The van der Waals surface area contributed by atoms with E-state index < -0.39 is 15.9 Å². The molecule has 0 aromatic heterocycles. The zero-order valence-electron chi connectivity index (χ0n) is 18.8. The van der Waals surface area contributed by atoms with Gasteiger partial charge in [-0.05, 0) is 67.3 Å². The van der Waals surface area contributed by atoms with Crippen LogP contribution in [0.3, 0.4) is 0 Å². The Morgan fingerprint density at radius 3 is 2.31 bits per heavy atom. The normalized spacial score (nSPS) is 11.1. The largest absolute Gasteiger partial charge is 0.495 e. The van der Waals surface area contributed by atoms with Gasteiger partial charge in [0.25, 0.3) is 10.0 Å². The zero-order valence-corrected chi connectivity index (χ0v) is 19.6. The molecular formula is C25H28N2O4S. The van der Waals surface area contributed by atoms with E-state index in [0.29, 0.717) is 12.2 Å². The molecule has 0 aliphatic heterocycles. The predicted molar refractivity (Wildman–Crippen MR) is 126 cm³/mol. The summed E-state index contributed by atoms with van der Waals surface area (Å²) in [5, 5.41) is 2.81. The van der Waals surface area contributed by atoms with Crippen molar-refractivity contribution < 1.29 is 17.9 Å². The van der Waals surface area contributed by atoms with Gasteiger partial charge in [0.15, 0.2) is 0 Å². The summed E-state index contributed by atoms with van der Waals surface area (Å²) in [6, 6.07) is 19.8. The molecule has 0 saturated carbocycles. The molecule has 3 rings (SSSR count). The number of benzene rings is 3. The summed E-state index contributed by atoms with van der Waals surface area (Å²) in [5.41, 5.74) is 4.10. The Morgan fingerprint density at radius 2 is 1.66 bits per heavy atom. The molecule has 168 valence electrons. The number of nitrogens with one attached hydrogen (secondary N) is 1. The van der Waals surface area contributed by atoms with E-state index >= 15 is 0 Å². The number of methoxy groups -OCH3 is 1. The third-order valence-corrected chi connectivity index (χ3v) is 7.08. The van der Waals surface area contributed by atoms with Crippen molar-refractivity contribution in [1.29, 1.82) is 0 Å². The van der Waals surface area contributed by atoms with Gasteiger partial charge in [0.1, 0.15) is 17.2 Å². The maximum absolute atomic E-state index is 13.7. The van der Waals surface area contributed by atoms with Gasteiger partial charge in [-0.25, -0.2) is 8.42 Å². The molecule has 0 aliphatic carbocycles. The highest BCUT2D eigenvalue weighted by atomic mass is 32.2. The average molecular weight is 453 g/mol. The Morgan fingerprint density at radius 1 is 0.938 bits per heavy atom. The summed E-state index contributed by atoms with van der Waals surface area (Å²) in [5.74, 6) is -0.170. The number of amides is 1. The topological polar surface area (TPSA) is 75.7 Å². The molecule has 3 aromatic rings. The molecule has 1 amide bonds. The molecule has 0 aliphatic rings. The second-order valence-corrected chi connectivity index (χ2v) is 9.53. The average Bonchev–Trinajstić information content (AvgIpc) is 2.78. The van der Waals surface area contributed by atoms with Crippen molar-refractivity contribution >= 4 is 21.6 Å². The minimum Gasteiger partial charge on any atom is -0.495 e. The van der Waals surface area contributed by atoms with Gasteiger partial charge < -0.3 is 10.1 Å². The fourth-order valence-electron chi connectivity index (χ4n) is 3.28. The van der Waals surface area contributed by atoms with Crippen molar-refractivity contribution in [3.8, 4) is 5.75 Å². The van der Waals surface area contributed by atoms with Gasteiger partial charge in [0, 0.05) is 6.54 Å². The lowest BCUT2D eigenvalue weighted by atomic mass is 10.1. The Hall–Kier alpha value is -3.32. The van der Waals surface area contributed by atoms with Gasteiger partial charge in [-0.3, -0.25) is 9.10 Å². The van der Waals surface area contributed by atoms with E-state index in [2.05, 4.69) is 5.32 Å². The second kappa shape index (κ2) is 9.87. The van der Waals surface area contributed by atoms with Crippen molar-refractivity contribution in [3.63, 3.8) is 0 Å². The molecule has 0 unspecified atom stereocenters. The van der Waals surface area contributed by atoms with E-state index in [1.165, 1.54) is 7.11 Å². The number of rotatable bonds is 8. The van der Waals surface area contributed by atoms with E-state index in [9.17, 15) is 13.2 Å². The fraction of sp³-hybridized carbons (Fsp3) is 0.240. The maximum Gasteiger partial charge on any atom is 0.268 e. The SMILES string of the molecule is COc1ccc(C)cc1S(=O)(=O)N(CC(=O)NCc1ccccc1)c1ccc(C)c(C)c1. The van der Waals surface area contributed by atoms with Crippen molar-refractivity contribution in [2.45, 2.75) is 32.2 Å². The first kappa shape index (κ1) is 23.3. The first-order valence-electron chi connectivity index (χ1n) is 10.3. The number of anilines is 1. The molecule has 0 fully saturated rings. The van der Waals surface area contributed by atoms with Crippen LogP contribution in [-0.2, 0) is 21.4 Å². The van der Waals surface area contributed by atoms with E-state index in [4.69, 9.17) is 4.74 Å². The van der Waals surface area contributed by atoms with Gasteiger partial charge in [0.05, 0.1) is 12.8 Å². The van der Waals surface area contributed by atoms with Crippen molar-refractivity contribution in [1.82, 2.24) is 5.32 Å². The predicted octanol–water partition coefficient (Wildman–Crippen LogP) is 4.13. The van der Waals surface area contributed by atoms with Crippen LogP contribution < -0.4 is 14.4 Å². The summed E-state index contributed by atoms with van der Waals surface area (Å²) in [6.07, 6.45) is 0. The van der Waals surface area contributed by atoms with Crippen LogP contribution in [0.25, 0.3) is 0 Å². The number of sulfonamides is 1. The highest BCUT2D eigenvalue weighted by Crippen LogP contribution is 2.31. The molecule has 0 heterocycles. The monoisotopic (exact) mass is 452 g/mol. The van der Waals surface area contributed by atoms with Gasteiger partial charge >= 0.3 is 0 Å². The smallest absolute Gasteiger partial charge is 0.268 e. The lowest BCUT2D eigenvalue weighted by Crippen LogP contribution is -2.40. The highest BCUT2D eigenvalue weighted by molar-refractivity contribution is 7.93. The van der Waals surface area contributed by atoms with Crippen molar-refractivity contribution in [2.75, 3.05) is 18.0 Å². The first-order chi connectivity index (χ1) is 15.2. The van der Waals surface area contributed by atoms with Gasteiger partial charge in [-0.2, -0.15) is 0 Å². The Bertz CT molecular complexity index is 1210. The number of carbonyl (C=O) groups excluding carboxylic acids is 1. The molecule has 1 N–H and O–H groups in total. The summed E-state index contributed by atoms with van der Waals surface area (Å²) < 4.78 is 33.9. The number of hydrogen-bond donors (Lipinski definition) is 1. The number of hydrogen-bond acceptors (Lipinski definition) is 4. The second-order valence-electron chi connectivity index (χ2n) is 7.70. The van der Waals surface area contributed by atoms with Gasteiger partial charge in [-0.15, -0.1) is 0 Å². The van der Waals surface area contributed by atoms with E-state index in [1.807, 2.05) is 57.2 Å². The van der Waals surface area contributed by atoms with Crippen LogP contribution in [0.5, 0.6) is 5.75 Å². The fourth-order valence-corrected chi connectivity index (χ4v) is 4.94. The lowest BCUT2D eigenvalue weighted by Gasteiger charge is -2.26. The molecule has 0 atom stereocenters. The molecule has 0 spiro atoms. The molecule has 0 saturated heterocycles. The van der Waals surface area contributed by atoms with Gasteiger partial charge in [-0.1, -0.05) is 42.5 Å². The Kier molecular flexibility index (Phi) is 7.20. The van der Waals surface area contributed by atoms with Crippen LogP contribution in [-0.4, -0.2) is 28.0 Å². The number of aryl methyl sites for hydroxylation is 3. The van der Waals surface area contributed by atoms with Crippen molar-refractivity contribution in [3.05, 3.63) is 89.0 Å². The Balaban J connectivity index is 1.98. The quantitative estimate of drug-likeness (QED) is 0.558. The van der Waals surface area contributed by atoms with Crippen LogP contribution in [0.1, 0.15) is 22.3 Å². The van der Waals surface area contributed by atoms with Gasteiger partial charge in [0.2, 0.25) is 5.91 Å². The van der Waals surface area contributed by atoms with Crippen molar-refractivity contribution in [2.24, 2.45) is 0 Å². The van der Waals surface area contributed by atoms with E-state index in [1.54, 1.807) is 30.3 Å².